The summed E-state index contributed by atoms with van der Waals surface area (Å²) in [4.78, 5) is 0. The van der Waals surface area contributed by atoms with Crippen molar-refractivity contribution in [1.82, 2.24) is 5.32 Å². The van der Waals surface area contributed by atoms with Crippen LogP contribution in [0.15, 0.2) is 0 Å². The van der Waals surface area contributed by atoms with Gasteiger partial charge in [-0.25, -0.2) is 0 Å². The average Bonchev–Trinajstić information content (AvgIpc) is 2.07. The van der Waals surface area contributed by atoms with Crippen LogP contribution in [0.2, 0.25) is 0 Å². The Morgan fingerprint density at radius 3 is 2.14 bits per heavy atom. The fraction of sp³-hybridized carbons (Fsp3) is 1.00. The van der Waals surface area contributed by atoms with Gasteiger partial charge in [0.25, 0.3) is 0 Å². The number of halogens is 3. The lowest BCUT2D eigenvalue weighted by Gasteiger charge is -2.30. The van der Waals surface area contributed by atoms with E-state index in [2.05, 4.69) is 5.32 Å². The summed E-state index contributed by atoms with van der Waals surface area (Å²) in [5.74, 6) is 0. The second kappa shape index (κ2) is 4.49. The van der Waals surface area contributed by atoms with E-state index in [4.69, 9.17) is 5.73 Å². The molecule has 84 valence electrons. The van der Waals surface area contributed by atoms with Gasteiger partial charge in [0.2, 0.25) is 0 Å². The Balaban J connectivity index is 2.31. The average molecular weight is 210 g/mol. The Kier molecular flexibility index (Phi) is 3.78. The maximum Gasteiger partial charge on any atom is 0.403 e. The van der Waals surface area contributed by atoms with Crippen LogP contribution in [0.4, 0.5) is 13.2 Å². The summed E-state index contributed by atoms with van der Waals surface area (Å²) >= 11 is 0. The Morgan fingerprint density at radius 2 is 1.71 bits per heavy atom. The van der Waals surface area contributed by atoms with Gasteiger partial charge in [0, 0.05) is 12.1 Å². The van der Waals surface area contributed by atoms with E-state index in [1.54, 1.807) is 0 Å². The predicted octanol–water partition coefficient (Wildman–Crippen LogP) is 1.80. The van der Waals surface area contributed by atoms with Crippen LogP contribution in [0, 0.1) is 0 Å². The second-order valence-corrected chi connectivity index (χ2v) is 4.04. The SMILES string of the molecule is CC(N[C@H]1CC[C@H](N)CC1)C(F)(F)F. The van der Waals surface area contributed by atoms with Gasteiger partial charge in [-0.15, -0.1) is 0 Å². The summed E-state index contributed by atoms with van der Waals surface area (Å²) in [6, 6.07) is -1.26. The van der Waals surface area contributed by atoms with Gasteiger partial charge in [0.1, 0.15) is 6.04 Å². The molecule has 1 aliphatic carbocycles. The third-order valence-electron chi connectivity index (χ3n) is 2.75. The molecule has 1 unspecified atom stereocenters. The highest BCUT2D eigenvalue weighted by Gasteiger charge is 2.37. The molecular formula is C9H17F3N2. The van der Waals surface area contributed by atoms with Crippen LogP contribution in [0.3, 0.4) is 0 Å². The maximum absolute atomic E-state index is 12.2. The van der Waals surface area contributed by atoms with Gasteiger partial charge in [-0.1, -0.05) is 0 Å². The van der Waals surface area contributed by atoms with Gasteiger partial charge in [0.05, 0.1) is 0 Å². The van der Waals surface area contributed by atoms with E-state index >= 15 is 0 Å². The largest absolute Gasteiger partial charge is 0.403 e. The van der Waals surface area contributed by atoms with E-state index in [0.29, 0.717) is 0 Å². The minimum atomic E-state index is -4.14. The first kappa shape index (κ1) is 11.8. The zero-order valence-corrected chi connectivity index (χ0v) is 8.27. The minimum absolute atomic E-state index is 0.0218. The molecule has 1 atom stereocenters. The molecule has 0 aromatic rings. The molecule has 3 N–H and O–H groups in total. The molecule has 1 aliphatic rings. The van der Waals surface area contributed by atoms with Gasteiger partial charge in [-0.3, -0.25) is 0 Å². The fourth-order valence-electron chi connectivity index (χ4n) is 1.73. The van der Waals surface area contributed by atoms with Crippen LogP contribution in [0.25, 0.3) is 0 Å². The van der Waals surface area contributed by atoms with Crippen molar-refractivity contribution in [3.05, 3.63) is 0 Å². The summed E-state index contributed by atoms with van der Waals surface area (Å²) in [5.41, 5.74) is 5.66. The van der Waals surface area contributed by atoms with Gasteiger partial charge in [0.15, 0.2) is 0 Å². The topological polar surface area (TPSA) is 38.0 Å². The molecule has 5 heteroatoms. The lowest BCUT2D eigenvalue weighted by molar-refractivity contribution is -0.153. The van der Waals surface area contributed by atoms with Crippen molar-refractivity contribution in [1.29, 1.82) is 0 Å². The molecular weight excluding hydrogens is 193 g/mol. The van der Waals surface area contributed by atoms with Gasteiger partial charge in [-0.2, -0.15) is 13.2 Å². The molecule has 0 saturated heterocycles. The quantitative estimate of drug-likeness (QED) is 0.729. The van der Waals surface area contributed by atoms with E-state index in [0.717, 1.165) is 32.6 Å². The number of hydrogen-bond acceptors (Lipinski definition) is 2. The number of nitrogens with two attached hydrogens (primary N) is 1. The summed E-state index contributed by atoms with van der Waals surface area (Å²) in [6.07, 6.45) is -0.993. The first-order valence-electron chi connectivity index (χ1n) is 4.98. The lowest BCUT2D eigenvalue weighted by Crippen LogP contribution is -2.47. The summed E-state index contributed by atoms with van der Waals surface area (Å²) in [7, 11) is 0. The Bertz CT molecular complexity index is 173. The van der Waals surface area contributed by atoms with Crippen LogP contribution in [-0.4, -0.2) is 24.3 Å². The van der Waals surface area contributed by atoms with E-state index < -0.39 is 12.2 Å². The highest BCUT2D eigenvalue weighted by Crippen LogP contribution is 2.23. The van der Waals surface area contributed by atoms with Gasteiger partial charge in [-0.05, 0) is 32.6 Å². The van der Waals surface area contributed by atoms with E-state index in [9.17, 15) is 13.2 Å². The number of nitrogens with one attached hydrogen (secondary N) is 1. The van der Waals surface area contributed by atoms with Gasteiger partial charge >= 0.3 is 6.18 Å². The number of hydrogen-bond donors (Lipinski definition) is 2. The molecule has 0 aromatic carbocycles. The van der Waals surface area contributed by atoms with Crippen molar-refractivity contribution in [3.63, 3.8) is 0 Å². The molecule has 0 spiro atoms. The van der Waals surface area contributed by atoms with Crippen molar-refractivity contribution >= 4 is 0 Å². The number of rotatable bonds is 2. The molecule has 0 aliphatic heterocycles. The highest BCUT2D eigenvalue weighted by atomic mass is 19.4. The van der Waals surface area contributed by atoms with Crippen molar-refractivity contribution in [3.8, 4) is 0 Å². The van der Waals surface area contributed by atoms with Crippen LogP contribution < -0.4 is 11.1 Å². The Labute approximate surface area is 82.0 Å². The lowest BCUT2D eigenvalue weighted by atomic mass is 9.91. The monoisotopic (exact) mass is 210 g/mol. The van der Waals surface area contributed by atoms with Crippen molar-refractivity contribution in [2.24, 2.45) is 5.73 Å². The third-order valence-corrected chi connectivity index (χ3v) is 2.75. The van der Waals surface area contributed by atoms with Crippen molar-refractivity contribution in [2.75, 3.05) is 0 Å². The predicted molar refractivity (Wildman–Crippen MR) is 48.9 cm³/mol. The summed E-state index contributed by atoms with van der Waals surface area (Å²) < 4.78 is 36.6. The van der Waals surface area contributed by atoms with Crippen molar-refractivity contribution in [2.45, 2.75) is 56.9 Å². The van der Waals surface area contributed by atoms with Gasteiger partial charge < -0.3 is 11.1 Å². The van der Waals surface area contributed by atoms with E-state index in [1.807, 2.05) is 0 Å². The maximum atomic E-state index is 12.2. The molecule has 1 fully saturated rings. The normalized spacial score (nSPS) is 31.5. The van der Waals surface area contributed by atoms with Crippen LogP contribution in [0.1, 0.15) is 32.6 Å². The first-order valence-corrected chi connectivity index (χ1v) is 4.98. The molecule has 0 aromatic heterocycles. The molecule has 14 heavy (non-hydrogen) atoms. The van der Waals surface area contributed by atoms with E-state index in [1.165, 1.54) is 0 Å². The molecule has 2 nitrogen and oxygen atoms in total. The van der Waals surface area contributed by atoms with E-state index in [-0.39, 0.29) is 12.1 Å². The van der Waals surface area contributed by atoms with Crippen LogP contribution >= 0.6 is 0 Å². The molecule has 0 heterocycles. The standard InChI is InChI=1S/C9H17F3N2/c1-6(9(10,11)12)14-8-4-2-7(13)3-5-8/h6-8,14H,2-5,13H2,1H3/t6?,7-,8-. The fourth-order valence-corrected chi connectivity index (χ4v) is 1.73. The molecule has 1 saturated carbocycles. The molecule has 0 bridgehead atoms. The Hall–Kier alpha value is -0.290. The zero-order valence-electron chi connectivity index (χ0n) is 8.27. The molecule has 0 amide bonds. The van der Waals surface area contributed by atoms with Crippen LogP contribution in [0.5, 0.6) is 0 Å². The molecule has 1 rings (SSSR count). The highest BCUT2D eigenvalue weighted by molar-refractivity contribution is 4.82. The van der Waals surface area contributed by atoms with Crippen molar-refractivity contribution < 1.29 is 13.2 Å². The summed E-state index contributed by atoms with van der Waals surface area (Å²) in [5, 5.41) is 2.60. The van der Waals surface area contributed by atoms with Crippen LogP contribution in [-0.2, 0) is 0 Å². The third kappa shape index (κ3) is 3.46. The Morgan fingerprint density at radius 1 is 1.21 bits per heavy atom. The summed E-state index contributed by atoms with van der Waals surface area (Å²) in [6.45, 7) is 1.16. The number of alkyl halides is 3. The molecule has 0 radical (unpaired) electrons. The smallest absolute Gasteiger partial charge is 0.328 e. The first-order chi connectivity index (χ1) is 6.39. The zero-order chi connectivity index (χ0) is 10.8. The minimum Gasteiger partial charge on any atom is -0.328 e. The second-order valence-electron chi connectivity index (χ2n) is 4.04.